The molecule has 0 unspecified atom stereocenters. The number of thiazole rings is 1. The minimum absolute atomic E-state index is 0.540. The second-order valence-electron chi connectivity index (χ2n) is 4.09. The van der Waals surface area contributed by atoms with Crippen LogP contribution < -0.4 is 0 Å². The molecule has 0 fully saturated rings. The maximum absolute atomic E-state index is 6.20. The summed E-state index contributed by atoms with van der Waals surface area (Å²) >= 11 is 13.7. The monoisotopic (exact) mass is 311 g/mol. The highest BCUT2D eigenvalue weighted by molar-refractivity contribution is 7.09. The van der Waals surface area contributed by atoms with Gasteiger partial charge in [0.05, 0.1) is 17.1 Å². The molecule has 98 valence electrons. The number of hydrogen-bond donors (Lipinski definition) is 0. The zero-order chi connectivity index (χ0) is 13.2. The lowest BCUT2D eigenvalue weighted by atomic mass is 10.3. The van der Waals surface area contributed by atoms with Gasteiger partial charge in [-0.15, -0.1) is 22.9 Å². The van der Waals surface area contributed by atoms with Crippen molar-refractivity contribution in [2.24, 2.45) is 0 Å². The first-order chi connectivity index (χ1) is 9.29. The van der Waals surface area contributed by atoms with Gasteiger partial charge in [-0.2, -0.15) is 0 Å². The van der Waals surface area contributed by atoms with Gasteiger partial charge >= 0.3 is 0 Å². The molecule has 0 saturated carbocycles. The van der Waals surface area contributed by atoms with Crippen LogP contribution in [0.2, 0.25) is 5.02 Å². The van der Waals surface area contributed by atoms with Crippen LogP contribution >= 0.6 is 34.5 Å². The van der Waals surface area contributed by atoms with Gasteiger partial charge in [0.1, 0.15) is 16.3 Å². The van der Waals surface area contributed by atoms with Crippen molar-refractivity contribution in [3.05, 3.63) is 45.6 Å². The first-order valence-electron chi connectivity index (χ1n) is 5.87. The Morgan fingerprint density at radius 3 is 2.95 bits per heavy atom. The average Bonchev–Trinajstić information content (AvgIpc) is 3.01. The van der Waals surface area contributed by atoms with Crippen LogP contribution in [-0.2, 0) is 13.0 Å². The van der Waals surface area contributed by atoms with E-state index in [2.05, 4.69) is 14.5 Å². The zero-order valence-corrected chi connectivity index (χ0v) is 12.3. The van der Waals surface area contributed by atoms with E-state index in [4.69, 9.17) is 23.2 Å². The number of aryl methyl sites for hydroxylation is 1. The minimum atomic E-state index is 0.540. The van der Waals surface area contributed by atoms with E-state index in [0.717, 1.165) is 28.3 Å². The van der Waals surface area contributed by atoms with Crippen LogP contribution in [-0.4, -0.2) is 20.4 Å². The lowest BCUT2D eigenvalue weighted by molar-refractivity contribution is 0.750. The van der Waals surface area contributed by atoms with Gasteiger partial charge < -0.3 is 4.57 Å². The standard InChI is InChI=1S/C13H11Cl2N3S/c14-5-4-11-17-13-9(15)2-1-3-10(13)18(11)8-12-16-6-7-19-12/h1-3,6-7H,4-5,8H2. The third-order valence-electron chi connectivity index (χ3n) is 2.90. The molecule has 0 saturated heterocycles. The lowest BCUT2D eigenvalue weighted by Crippen LogP contribution is -2.05. The molecule has 1 aromatic carbocycles. The van der Waals surface area contributed by atoms with Crippen LogP contribution in [0.3, 0.4) is 0 Å². The van der Waals surface area contributed by atoms with Gasteiger partial charge in [-0.25, -0.2) is 9.97 Å². The first kappa shape index (κ1) is 12.9. The van der Waals surface area contributed by atoms with Crippen molar-refractivity contribution in [3.8, 4) is 0 Å². The fourth-order valence-corrected chi connectivity index (χ4v) is 3.06. The molecule has 3 aromatic rings. The van der Waals surface area contributed by atoms with E-state index in [1.807, 2.05) is 29.8 Å². The molecule has 2 aromatic heterocycles. The van der Waals surface area contributed by atoms with E-state index >= 15 is 0 Å². The molecule has 0 aliphatic heterocycles. The quantitative estimate of drug-likeness (QED) is 0.682. The lowest BCUT2D eigenvalue weighted by Gasteiger charge is -2.06. The Balaban J connectivity index is 2.13. The molecule has 3 rings (SSSR count). The number of aromatic nitrogens is 3. The molecule has 6 heteroatoms. The van der Waals surface area contributed by atoms with Gasteiger partial charge in [0, 0.05) is 23.9 Å². The Bertz CT molecular complexity index is 691. The number of halogens is 2. The van der Waals surface area contributed by atoms with Crippen molar-refractivity contribution >= 4 is 45.6 Å². The Morgan fingerprint density at radius 2 is 2.21 bits per heavy atom. The summed E-state index contributed by atoms with van der Waals surface area (Å²) in [4.78, 5) is 8.93. The fourth-order valence-electron chi connectivity index (χ4n) is 2.08. The van der Waals surface area contributed by atoms with Crippen LogP contribution in [0.25, 0.3) is 11.0 Å². The fraction of sp³-hybridized carbons (Fsp3) is 0.231. The van der Waals surface area contributed by atoms with Gasteiger partial charge in [0.2, 0.25) is 0 Å². The number of fused-ring (bicyclic) bond motifs is 1. The van der Waals surface area contributed by atoms with Gasteiger partial charge in [0.25, 0.3) is 0 Å². The summed E-state index contributed by atoms with van der Waals surface area (Å²) in [6.07, 6.45) is 2.53. The molecule has 0 atom stereocenters. The minimum Gasteiger partial charge on any atom is -0.321 e. The number of alkyl halides is 1. The summed E-state index contributed by atoms with van der Waals surface area (Å²) in [5.41, 5.74) is 1.86. The van der Waals surface area contributed by atoms with E-state index in [1.54, 1.807) is 11.3 Å². The van der Waals surface area contributed by atoms with Gasteiger partial charge in [-0.3, -0.25) is 0 Å². The first-order valence-corrected chi connectivity index (χ1v) is 7.67. The topological polar surface area (TPSA) is 30.7 Å². The summed E-state index contributed by atoms with van der Waals surface area (Å²) in [5.74, 6) is 1.49. The largest absolute Gasteiger partial charge is 0.321 e. The molecule has 3 nitrogen and oxygen atoms in total. The highest BCUT2D eigenvalue weighted by Gasteiger charge is 2.13. The highest BCUT2D eigenvalue weighted by Crippen LogP contribution is 2.25. The van der Waals surface area contributed by atoms with Gasteiger partial charge in [-0.05, 0) is 12.1 Å². The summed E-state index contributed by atoms with van der Waals surface area (Å²) in [6.45, 7) is 0.709. The molecule has 0 amide bonds. The van der Waals surface area contributed by atoms with E-state index < -0.39 is 0 Å². The molecule has 0 bridgehead atoms. The van der Waals surface area contributed by atoms with Gasteiger partial charge in [0.15, 0.2) is 0 Å². The van der Waals surface area contributed by atoms with Crippen molar-refractivity contribution in [3.63, 3.8) is 0 Å². The van der Waals surface area contributed by atoms with Gasteiger partial charge in [-0.1, -0.05) is 17.7 Å². The summed E-state index contributed by atoms with van der Waals surface area (Å²) < 4.78 is 2.14. The van der Waals surface area contributed by atoms with Crippen molar-refractivity contribution in [2.75, 3.05) is 5.88 Å². The summed E-state index contributed by atoms with van der Waals surface area (Å²) in [5, 5.41) is 3.70. The predicted molar refractivity (Wildman–Crippen MR) is 80.4 cm³/mol. The molecule has 0 aliphatic carbocycles. The van der Waals surface area contributed by atoms with Crippen LogP contribution in [0.15, 0.2) is 29.8 Å². The van der Waals surface area contributed by atoms with E-state index in [9.17, 15) is 0 Å². The van der Waals surface area contributed by atoms with Crippen LogP contribution in [0, 0.1) is 0 Å². The number of nitrogens with zero attached hydrogens (tertiary/aromatic N) is 3. The normalized spacial score (nSPS) is 11.3. The van der Waals surface area contributed by atoms with Crippen LogP contribution in [0.4, 0.5) is 0 Å². The SMILES string of the molecule is ClCCc1nc2c(Cl)cccc2n1Cc1nccs1. The zero-order valence-electron chi connectivity index (χ0n) is 10.0. The number of benzene rings is 1. The van der Waals surface area contributed by atoms with E-state index in [0.29, 0.717) is 17.4 Å². The van der Waals surface area contributed by atoms with E-state index in [1.165, 1.54) is 0 Å². The molecular weight excluding hydrogens is 301 g/mol. The maximum atomic E-state index is 6.20. The molecule has 0 radical (unpaired) electrons. The van der Waals surface area contributed by atoms with Crippen molar-refractivity contribution in [1.82, 2.24) is 14.5 Å². The Hall–Kier alpha value is -1.10. The third kappa shape index (κ3) is 2.48. The number of para-hydroxylation sites is 1. The summed E-state index contributed by atoms with van der Waals surface area (Å²) in [7, 11) is 0. The molecule has 19 heavy (non-hydrogen) atoms. The second kappa shape index (κ2) is 5.49. The van der Waals surface area contributed by atoms with Crippen molar-refractivity contribution < 1.29 is 0 Å². The molecule has 0 aliphatic rings. The number of rotatable bonds is 4. The molecule has 2 heterocycles. The average molecular weight is 312 g/mol. The number of imidazole rings is 1. The van der Waals surface area contributed by atoms with E-state index in [-0.39, 0.29) is 0 Å². The maximum Gasteiger partial charge on any atom is 0.112 e. The smallest absolute Gasteiger partial charge is 0.112 e. The molecular formula is C13H11Cl2N3S. The van der Waals surface area contributed by atoms with Crippen molar-refractivity contribution in [2.45, 2.75) is 13.0 Å². The second-order valence-corrected chi connectivity index (χ2v) is 5.85. The van der Waals surface area contributed by atoms with Crippen LogP contribution in [0.1, 0.15) is 10.8 Å². The Kier molecular flexibility index (Phi) is 3.73. The third-order valence-corrected chi connectivity index (χ3v) is 4.16. The molecule has 0 N–H and O–H groups in total. The summed E-state index contributed by atoms with van der Waals surface area (Å²) in [6, 6.07) is 5.82. The van der Waals surface area contributed by atoms with Crippen LogP contribution in [0.5, 0.6) is 0 Å². The highest BCUT2D eigenvalue weighted by atomic mass is 35.5. The molecule has 0 spiro atoms. The predicted octanol–water partition coefficient (Wildman–Crippen LogP) is 3.98. The Labute approximate surface area is 124 Å². The van der Waals surface area contributed by atoms with Crippen molar-refractivity contribution in [1.29, 1.82) is 0 Å². The number of hydrogen-bond acceptors (Lipinski definition) is 3. The Morgan fingerprint density at radius 1 is 1.32 bits per heavy atom.